The van der Waals surface area contributed by atoms with Gasteiger partial charge in [0.1, 0.15) is 17.6 Å². The number of hydrogen-bond acceptors (Lipinski definition) is 7. The molecule has 172 valence electrons. The van der Waals surface area contributed by atoms with E-state index in [0.29, 0.717) is 12.5 Å². The molecule has 3 aromatic rings. The number of rotatable bonds is 4. The summed E-state index contributed by atoms with van der Waals surface area (Å²) in [6, 6.07) is 9.30. The quantitative estimate of drug-likeness (QED) is 0.539. The third-order valence-electron chi connectivity index (χ3n) is 6.83. The normalized spacial score (nSPS) is 17.2. The third-order valence-corrected chi connectivity index (χ3v) is 7.94. The molecule has 1 fully saturated rings. The molecule has 2 aromatic heterocycles. The smallest absolute Gasteiger partial charge is 0.187 e. The lowest BCUT2D eigenvalue weighted by atomic mass is 9.86. The van der Waals surface area contributed by atoms with Gasteiger partial charge in [0.25, 0.3) is 0 Å². The molecule has 0 N–H and O–H groups in total. The molecule has 2 aliphatic heterocycles. The van der Waals surface area contributed by atoms with Crippen molar-refractivity contribution in [3.63, 3.8) is 0 Å². The minimum Gasteiger partial charge on any atom is -0.492 e. The fourth-order valence-corrected chi connectivity index (χ4v) is 5.86. The fraction of sp³-hybridized carbons (Fsp3) is 0.520. The van der Waals surface area contributed by atoms with Gasteiger partial charge in [0.2, 0.25) is 0 Å². The zero-order valence-electron chi connectivity index (χ0n) is 19.7. The number of piperidine rings is 1. The summed E-state index contributed by atoms with van der Waals surface area (Å²) >= 11 is 1.69. The first kappa shape index (κ1) is 22.1. The molecular weight excluding hydrogens is 432 g/mol. The van der Waals surface area contributed by atoms with Crippen LogP contribution in [0.5, 0.6) is 5.75 Å². The molecule has 0 aliphatic carbocycles. The molecule has 0 radical (unpaired) electrons. The number of ether oxygens (including phenoxy) is 1. The van der Waals surface area contributed by atoms with Crippen LogP contribution in [0.2, 0.25) is 0 Å². The fourth-order valence-electron chi connectivity index (χ4n) is 4.81. The maximum Gasteiger partial charge on any atom is 0.187 e. The van der Waals surface area contributed by atoms with Crippen LogP contribution in [0, 0.1) is 11.3 Å². The van der Waals surface area contributed by atoms with E-state index in [-0.39, 0.29) is 6.04 Å². The van der Waals surface area contributed by atoms with Gasteiger partial charge < -0.3 is 4.74 Å². The van der Waals surface area contributed by atoms with Crippen LogP contribution in [0.25, 0.3) is 22.1 Å². The maximum atomic E-state index is 9.45. The second kappa shape index (κ2) is 8.54. The van der Waals surface area contributed by atoms with Gasteiger partial charge in [-0.15, -0.1) is 11.3 Å². The standard InChI is InChI=1S/C25H30N6OS/c1-16(2)31-23(27-15-28-31)24-29-22-19-6-5-18(13-20(19)32-12-9-21(22)33-24)17-7-10-30(11-8-17)25(3,4)14-26/h5-6,13,15-17H,7-12H2,1-4H3. The van der Waals surface area contributed by atoms with Crippen molar-refractivity contribution in [1.82, 2.24) is 24.6 Å². The maximum absolute atomic E-state index is 9.45. The van der Waals surface area contributed by atoms with Crippen LogP contribution in [-0.4, -0.2) is 49.9 Å². The van der Waals surface area contributed by atoms with E-state index in [1.54, 1.807) is 17.7 Å². The van der Waals surface area contributed by atoms with Gasteiger partial charge in [-0.25, -0.2) is 14.6 Å². The molecule has 1 saturated heterocycles. The van der Waals surface area contributed by atoms with Crippen molar-refractivity contribution in [3.05, 3.63) is 35.0 Å². The third kappa shape index (κ3) is 4.04. The molecule has 0 amide bonds. The molecule has 0 bridgehead atoms. The lowest BCUT2D eigenvalue weighted by Crippen LogP contribution is -2.46. The summed E-state index contributed by atoms with van der Waals surface area (Å²) in [5.41, 5.74) is 2.99. The Balaban J connectivity index is 1.41. The Bertz CT molecular complexity index is 1200. The van der Waals surface area contributed by atoms with E-state index >= 15 is 0 Å². The van der Waals surface area contributed by atoms with Crippen molar-refractivity contribution >= 4 is 11.3 Å². The molecule has 1 aromatic carbocycles. The van der Waals surface area contributed by atoms with Gasteiger partial charge in [0.15, 0.2) is 10.8 Å². The molecular formula is C25H30N6OS. The summed E-state index contributed by atoms with van der Waals surface area (Å²) in [5, 5.41) is 14.7. The summed E-state index contributed by atoms with van der Waals surface area (Å²) in [4.78, 5) is 13.0. The molecule has 7 nitrogen and oxygen atoms in total. The summed E-state index contributed by atoms with van der Waals surface area (Å²) in [6.07, 6.45) is 4.56. The van der Waals surface area contributed by atoms with E-state index in [2.05, 4.69) is 53.1 Å². The van der Waals surface area contributed by atoms with E-state index in [1.165, 1.54) is 10.4 Å². The number of benzene rings is 1. The molecule has 33 heavy (non-hydrogen) atoms. The predicted molar refractivity (Wildman–Crippen MR) is 129 cm³/mol. The van der Waals surface area contributed by atoms with Crippen LogP contribution < -0.4 is 4.74 Å². The topological polar surface area (TPSA) is 79.9 Å². The second-order valence-electron chi connectivity index (χ2n) is 9.70. The van der Waals surface area contributed by atoms with E-state index in [1.807, 2.05) is 18.5 Å². The Morgan fingerprint density at radius 2 is 2.03 bits per heavy atom. The van der Waals surface area contributed by atoms with Gasteiger partial charge in [-0.3, -0.25) is 4.90 Å². The average molecular weight is 463 g/mol. The molecule has 0 atom stereocenters. The van der Waals surface area contributed by atoms with E-state index in [0.717, 1.165) is 60.2 Å². The van der Waals surface area contributed by atoms with Crippen LogP contribution in [0.1, 0.15) is 62.9 Å². The monoisotopic (exact) mass is 462 g/mol. The second-order valence-corrected chi connectivity index (χ2v) is 10.8. The number of likely N-dealkylation sites (tertiary alicyclic amines) is 1. The predicted octanol–water partition coefficient (Wildman–Crippen LogP) is 5.07. The van der Waals surface area contributed by atoms with Crippen LogP contribution in [0.15, 0.2) is 24.5 Å². The molecule has 5 rings (SSSR count). The van der Waals surface area contributed by atoms with Crippen molar-refractivity contribution in [2.45, 2.75) is 64.5 Å². The Labute approximate surface area is 199 Å². The molecule has 0 spiro atoms. The van der Waals surface area contributed by atoms with Gasteiger partial charge in [-0.05, 0) is 64.2 Å². The van der Waals surface area contributed by atoms with Crippen molar-refractivity contribution in [2.75, 3.05) is 19.7 Å². The highest BCUT2D eigenvalue weighted by atomic mass is 32.1. The van der Waals surface area contributed by atoms with Gasteiger partial charge in [-0.2, -0.15) is 10.4 Å². The number of hydrogen-bond donors (Lipinski definition) is 0. The summed E-state index contributed by atoms with van der Waals surface area (Å²) in [7, 11) is 0. The molecule has 4 heterocycles. The van der Waals surface area contributed by atoms with Crippen LogP contribution in [-0.2, 0) is 6.42 Å². The Hall–Kier alpha value is -2.76. The first-order chi connectivity index (χ1) is 15.9. The Morgan fingerprint density at radius 1 is 1.24 bits per heavy atom. The minimum atomic E-state index is -0.402. The van der Waals surface area contributed by atoms with Crippen LogP contribution >= 0.6 is 11.3 Å². The van der Waals surface area contributed by atoms with Crippen LogP contribution in [0.3, 0.4) is 0 Å². The first-order valence-corrected chi connectivity index (χ1v) is 12.5. The first-order valence-electron chi connectivity index (χ1n) is 11.7. The van der Waals surface area contributed by atoms with E-state index < -0.39 is 5.54 Å². The molecule has 0 unspecified atom stereocenters. The highest BCUT2D eigenvalue weighted by Crippen LogP contribution is 2.42. The summed E-state index contributed by atoms with van der Waals surface area (Å²) in [5.74, 6) is 2.24. The largest absolute Gasteiger partial charge is 0.492 e. The van der Waals surface area contributed by atoms with Crippen LogP contribution in [0.4, 0.5) is 0 Å². The number of nitriles is 1. The number of nitrogens with zero attached hydrogens (tertiary/aromatic N) is 6. The number of aromatic nitrogens is 4. The zero-order chi connectivity index (χ0) is 23.2. The summed E-state index contributed by atoms with van der Waals surface area (Å²) in [6.45, 7) is 10.8. The minimum absolute atomic E-state index is 0.231. The van der Waals surface area contributed by atoms with Gasteiger partial charge >= 0.3 is 0 Å². The van der Waals surface area contributed by atoms with E-state index in [9.17, 15) is 5.26 Å². The highest BCUT2D eigenvalue weighted by Gasteiger charge is 2.31. The highest BCUT2D eigenvalue weighted by molar-refractivity contribution is 7.15. The zero-order valence-corrected chi connectivity index (χ0v) is 20.5. The molecule has 2 aliphatic rings. The number of thiazole rings is 1. The van der Waals surface area contributed by atoms with Crippen molar-refractivity contribution in [2.24, 2.45) is 0 Å². The number of fused-ring (bicyclic) bond motifs is 3. The van der Waals surface area contributed by atoms with Gasteiger partial charge in [0, 0.05) is 36.0 Å². The van der Waals surface area contributed by atoms with Crippen molar-refractivity contribution in [1.29, 1.82) is 5.26 Å². The summed E-state index contributed by atoms with van der Waals surface area (Å²) < 4.78 is 8.12. The Morgan fingerprint density at radius 3 is 2.76 bits per heavy atom. The SMILES string of the molecule is CC(C)n1ncnc1-c1nc2c(s1)CCOc1cc(C3CCN(C(C)(C)C#N)CC3)ccc1-2. The lowest BCUT2D eigenvalue weighted by Gasteiger charge is -2.39. The Kier molecular flexibility index (Phi) is 5.71. The lowest BCUT2D eigenvalue weighted by molar-refractivity contribution is 0.128. The van der Waals surface area contributed by atoms with Crippen molar-refractivity contribution in [3.8, 4) is 33.9 Å². The van der Waals surface area contributed by atoms with Gasteiger partial charge in [-0.1, -0.05) is 6.07 Å². The average Bonchev–Trinajstić information content (AvgIpc) is 3.43. The van der Waals surface area contributed by atoms with Gasteiger partial charge in [0.05, 0.1) is 18.4 Å². The molecule has 8 heteroatoms. The molecule has 0 saturated carbocycles. The van der Waals surface area contributed by atoms with E-state index in [4.69, 9.17) is 9.72 Å². The van der Waals surface area contributed by atoms with Crippen molar-refractivity contribution < 1.29 is 4.74 Å².